The predicted octanol–water partition coefficient (Wildman–Crippen LogP) is 4.01. The number of amides is 1. The third-order valence-electron chi connectivity index (χ3n) is 4.45. The van der Waals surface area contributed by atoms with Crippen LogP contribution in [-0.2, 0) is 10.0 Å². The van der Waals surface area contributed by atoms with Gasteiger partial charge < -0.3 is 5.32 Å². The standard InChI is InChI=1S/C20H20ClN3O3S/c1-12-5-7-16(28(26,27)24(3)4)11-19(12)23-20(25)17-10-14-9-15(21)6-8-18(14)22-13(17)2/h5-11H,1-4H3,(H,23,25). The zero-order valence-electron chi connectivity index (χ0n) is 15.9. The smallest absolute Gasteiger partial charge is 0.257 e. The van der Waals surface area contributed by atoms with Crippen LogP contribution in [0.3, 0.4) is 0 Å². The number of carbonyl (C=O) groups excluding carboxylic acids is 1. The van der Waals surface area contributed by atoms with Crippen LogP contribution in [0, 0.1) is 13.8 Å². The summed E-state index contributed by atoms with van der Waals surface area (Å²) in [7, 11) is -0.681. The van der Waals surface area contributed by atoms with Crippen molar-refractivity contribution in [1.29, 1.82) is 0 Å². The fourth-order valence-electron chi connectivity index (χ4n) is 2.77. The van der Waals surface area contributed by atoms with E-state index >= 15 is 0 Å². The average molecular weight is 418 g/mol. The highest BCUT2D eigenvalue weighted by Gasteiger charge is 2.19. The highest BCUT2D eigenvalue weighted by atomic mass is 35.5. The lowest BCUT2D eigenvalue weighted by atomic mass is 10.1. The molecule has 28 heavy (non-hydrogen) atoms. The molecular weight excluding hydrogens is 398 g/mol. The Kier molecular flexibility index (Phi) is 5.43. The molecule has 0 atom stereocenters. The summed E-state index contributed by atoms with van der Waals surface area (Å²) in [5.74, 6) is -0.366. The third kappa shape index (κ3) is 3.87. The van der Waals surface area contributed by atoms with E-state index in [0.29, 0.717) is 22.0 Å². The van der Waals surface area contributed by atoms with Crippen molar-refractivity contribution in [2.45, 2.75) is 18.7 Å². The van der Waals surface area contributed by atoms with Crippen molar-refractivity contribution < 1.29 is 13.2 Å². The lowest BCUT2D eigenvalue weighted by Gasteiger charge is -2.15. The van der Waals surface area contributed by atoms with Crippen LogP contribution in [0.1, 0.15) is 21.6 Å². The Balaban J connectivity index is 1.99. The largest absolute Gasteiger partial charge is 0.322 e. The number of rotatable bonds is 4. The lowest BCUT2D eigenvalue weighted by molar-refractivity contribution is 0.102. The molecule has 0 fully saturated rings. The van der Waals surface area contributed by atoms with Gasteiger partial charge in [-0.2, -0.15) is 0 Å². The molecule has 1 N–H and O–H groups in total. The van der Waals surface area contributed by atoms with Crippen LogP contribution in [0.4, 0.5) is 5.69 Å². The van der Waals surface area contributed by atoms with Crippen molar-refractivity contribution in [2.24, 2.45) is 0 Å². The molecule has 1 heterocycles. The molecule has 0 bridgehead atoms. The quantitative estimate of drug-likeness (QED) is 0.695. The third-order valence-corrected chi connectivity index (χ3v) is 6.49. The van der Waals surface area contributed by atoms with Gasteiger partial charge in [0.15, 0.2) is 0 Å². The van der Waals surface area contributed by atoms with Crippen LogP contribution >= 0.6 is 11.6 Å². The average Bonchev–Trinajstić information content (AvgIpc) is 2.62. The van der Waals surface area contributed by atoms with Gasteiger partial charge in [-0.1, -0.05) is 17.7 Å². The van der Waals surface area contributed by atoms with Crippen LogP contribution in [0.15, 0.2) is 47.4 Å². The summed E-state index contributed by atoms with van der Waals surface area (Å²) in [5, 5.41) is 4.11. The summed E-state index contributed by atoms with van der Waals surface area (Å²) in [4.78, 5) is 17.4. The number of sulfonamides is 1. The van der Waals surface area contributed by atoms with Crippen molar-refractivity contribution in [2.75, 3.05) is 19.4 Å². The SMILES string of the molecule is Cc1ccc(S(=O)(=O)N(C)C)cc1NC(=O)c1cc2cc(Cl)ccc2nc1C. The maximum Gasteiger partial charge on any atom is 0.257 e. The minimum Gasteiger partial charge on any atom is -0.322 e. The fraction of sp³-hybridized carbons (Fsp3) is 0.200. The first kappa shape index (κ1) is 20.3. The Labute approximate surface area is 169 Å². The van der Waals surface area contributed by atoms with Gasteiger partial charge in [0.25, 0.3) is 5.91 Å². The second-order valence-electron chi connectivity index (χ2n) is 6.68. The molecule has 0 unspecified atom stereocenters. The number of pyridine rings is 1. The molecule has 1 amide bonds. The summed E-state index contributed by atoms with van der Waals surface area (Å²) >= 11 is 6.04. The zero-order valence-corrected chi connectivity index (χ0v) is 17.5. The molecule has 0 radical (unpaired) electrons. The maximum atomic E-state index is 12.9. The van der Waals surface area contributed by atoms with Gasteiger partial charge >= 0.3 is 0 Å². The van der Waals surface area contributed by atoms with Gasteiger partial charge in [0.05, 0.1) is 21.7 Å². The van der Waals surface area contributed by atoms with Crippen molar-refractivity contribution in [1.82, 2.24) is 9.29 Å². The van der Waals surface area contributed by atoms with Crippen molar-refractivity contribution in [3.8, 4) is 0 Å². The van der Waals surface area contributed by atoms with E-state index in [0.717, 1.165) is 20.8 Å². The Hall–Kier alpha value is -2.48. The summed E-state index contributed by atoms with van der Waals surface area (Å²) < 4.78 is 25.9. The summed E-state index contributed by atoms with van der Waals surface area (Å²) in [6.45, 7) is 3.55. The molecule has 1 aromatic heterocycles. The first-order valence-electron chi connectivity index (χ1n) is 8.51. The highest BCUT2D eigenvalue weighted by molar-refractivity contribution is 7.89. The number of fused-ring (bicyclic) bond motifs is 1. The Morgan fingerprint density at radius 3 is 2.46 bits per heavy atom. The Morgan fingerprint density at radius 2 is 1.79 bits per heavy atom. The van der Waals surface area contributed by atoms with Crippen molar-refractivity contribution >= 4 is 44.1 Å². The summed E-state index contributed by atoms with van der Waals surface area (Å²) in [5.41, 5.74) is 2.89. The number of hydrogen-bond donors (Lipinski definition) is 1. The lowest BCUT2D eigenvalue weighted by Crippen LogP contribution is -2.22. The Bertz CT molecular complexity index is 1190. The first-order chi connectivity index (χ1) is 13.1. The predicted molar refractivity (Wildman–Crippen MR) is 111 cm³/mol. The maximum absolute atomic E-state index is 12.9. The van der Waals surface area contributed by atoms with Gasteiger partial charge in [0.1, 0.15) is 0 Å². The second-order valence-corrected chi connectivity index (χ2v) is 9.26. The molecule has 0 saturated heterocycles. The minimum absolute atomic E-state index is 0.110. The first-order valence-corrected chi connectivity index (χ1v) is 10.3. The number of halogens is 1. The molecule has 0 saturated carbocycles. The van der Waals surface area contributed by atoms with Crippen molar-refractivity contribution in [3.05, 3.63) is 64.3 Å². The van der Waals surface area contributed by atoms with Gasteiger partial charge in [-0.25, -0.2) is 12.7 Å². The molecule has 8 heteroatoms. The molecule has 6 nitrogen and oxygen atoms in total. The van der Waals surface area contributed by atoms with E-state index in [2.05, 4.69) is 10.3 Å². The molecule has 3 rings (SSSR count). The van der Waals surface area contributed by atoms with Crippen molar-refractivity contribution in [3.63, 3.8) is 0 Å². The normalized spacial score (nSPS) is 11.8. The van der Waals surface area contributed by atoms with Gasteiger partial charge in [-0.3, -0.25) is 9.78 Å². The van der Waals surface area contributed by atoms with Crippen LogP contribution in [0.5, 0.6) is 0 Å². The van der Waals surface area contributed by atoms with E-state index in [1.165, 1.54) is 26.2 Å². The number of benzene rings is 2. The van der Waals surface area contributed by atoms with E-state index in [4.69, 9.17) is 11.6 Å². The molecule has 2 aromatic carbocycles. The van der Waals surface area contributed by atoms with E-state index < -0.39 is 10.0 Å². The summed E-state index contributed by atoms with van der Waals surface area (Å²) in [6, 6.07) is 11.7. The van der Waals surface area contributed by atoms with Gasteiger partial charge in [0.2, 0.25) is 10.0 Å². The Morgan fingerprint density at radius 1 is 1.07 bits per heavy atom. The molecule has 0 aliphatic carbocycles. The number of hydrogen-bond acceptors (Lipinski definition) is 4. The zero-order chi connectivity index (χ0) is 20.6. The number of nitrogens with zero attached hydrogens (tertiary/aromatic N) is 2. The molecule has 0 aliphatic heterocycles. The topological polar surface area (TPSA) is 79.4 Å². The van der Waals surface area contributed by atoms with Gasteiger partial charge in [-0.05, 0) is 55.8 Å². The molecule has 146 valence electrons. The second kappa shape index (κ2) is 7.50. The minimum atomic E-state index is -3.60. The molecule has 3 aromatic rings. The van der Waals surface area contributed by atoms with Crippen LogP contribution < -0.4 is 5.32 Å². The number of aromatic nitrogens is 1. The monoisotopic (exact) mass is 417 g/mol. The molecule has 0 aliphatic rings. The van der Waals surface area contributed by atoms with Crippen LogP contribution in [0.2, 0.25) is 5.02 Å². The van der Waals surface area contributed by atoms with E-state index in [9.17, 15) is 13.2 Å². The number of anilines is 1. The van der Waals surface area contributed by atoms with E-state index in [1.54, 1.807) is 44.2 Å². The molecule has 0 spiro atoms. The molecular formula is C20H20ClN3O3S. The fourth-order valence-corrected chi connectivity index (χ4v) is 3.88. The number of nitrogens with one attached hydrogen (secondary N) is 1. The summed E-state index contributed by atoms with van der Waals surface area (Å²) in [6.07, 6.45) is 0. The number of aryl methyl sites for hydroxylation is 2. The van der Waals surface area contributed by atoms with E-state index in [1.807, 2.05) is 0 Å². The van der Waals surface area contributed by atoms with Gasteiger partial charge in [0, 0.05) is 30.2 Å². The van der Waals surface area contributed by atoms with E-state index in [-0.39, 0.29) is 10.8 Å². The van der Waals surface area contributed by atoms with Crippen LogP contribution in [-0.4, -0.2) is 37.7 Å². The van der Waals surface area contributed by atoms with Crippen LogP contribution in [0.25, 0.3) is 10.9 Å². The van der Waals surface area contributed by atoms with Gasteiger partial charge in [-0.15, -0.1) is 0 Å². The highest BCUT2D eigenvalue weighted by Crippen LogP contribution is 2.24. The number of carbonyl (C=O) groups is 1.